The minimum absolute atomic E-state index is 0.000489. The summed E-state index contributed by atoms with van der Waals surface area (Å²) in [6.07, 6.45) is 1.26. The van der Waals surface area contributed by atoms with Crippen LogP contribution in [-0.2, 0) is 4.79 Å². The van der Waals surface area contributed by atoms with Crippen molar-refractivity contribution in [1.82, 2.24) is 14.9 Å². The molecule has 134 valence electrons. The first-order valence-electron chi connectivity index (χ1n) is 8.90. The van der Waals surface area contributed by atoms with Gasteiger partial charge in [0.25, 0.3) is 5.91 Å². The van der Waals surface area contributed by atoms with Crippen LogP contribution in [0.1, 0.15) is 20.8 Å². The highest BCUT2D eigenvalue weighted by Gasteiger charge is 2.19. The summed E-state index contributed by atoms with van der Waals surface area (Å²) in [5.74, 6) is 0.662. The Morgan fingerprint density at radius 1 is 1.04 bits per heavy atom. The summed E-state index contributed by atoms with van der Waals surface area (Å²) in [5.41, 5.74) is 3.50. The minimum Gasteiger partial charge on any atom is -0.481 e. The van der Waals surface area contributed by atoms with Crippen molar-refractivity contribution in [3.05, 3.63) is 54.7 Å². The number of nitrogens with zero attached hydrogens (tertiary/aromatic N) is 3. The number of amides is 1. The Morgan fingerprint density at radius 3 is 2.35 bits per heavy atom. The third-order valence-electron chi connectivity index (χ3n) is 4.33. The van der Waals surface area contributed by atoms with Gasteiger partial charge in [-0.05, 0) is 57.2 Å². The Balaban J connectivity index is 1.74. The van der Waals surface area contributed by atoms with Gasteiger partial charge in [-0.25, -0.2) is 4.98 Å². The lowest BCUT2D eigenvalue weighted by atomic mass is 10.1. The molecule has 1 aromatic heterocycles. The number of carbonyl (C=O) groups is 1. The molecular weight excluding hydrogens is 326 g/mol. The number of aromatic nitrogens is 2. The Hall–Kier alpha value is -2.95. The lowest BCUT2D eigenvalue weighted by Crippen LogP contribution is -2.40. The highest BCUT2D eigenvalue weighted by atomic mass is 16.5. The van der Waals surface area contributed by atoms with Gasteiger partial charge >= 0.3 is 0 Å². The van der Waals surface area contributed by atoms with E-state index in [9.17, 15) is 4.79 Å². The quantitative estimate of drug-likeness (QED) is 0.676. The summed E-state index contributed by atoms with van der Waals surface area (Å²) in [6, 6.07) is 15.4. The second kappa shape index (κ2) is 7.95. The van der Waals surface area contributed by atoms with Crippen molar-refractivity contribution in [2.75, 3.05) is 13.1 Å². The molecule has 5 nitrogen and oxygen atoms in total. The van der Waals surface area contributed by atoms with Gasteiger partial charge in [-0.15, -0.1) is 0 Å². The third kappa shape index (κ3) is 3.82. The first kappa shape index (κ1) is 17.9. The molecule has 1 amide bonds. The van der Waals surface area contributed by atoms with E-state index in [1.54, 1.807) is 18.0 Å². The van der Waals surface area contributed by atoms with Crippen LogP contribution in [0, 0.1) is 0 Å². The maximum atomic E-state index is 12.3. The van der Waals surface area contributed by atoms with Crippen molar-refractivity contribution in [1.29, 1.82) is 0 Å². The summed E-state index contributed by atoms with van der Waals surface area (Å²) in [6.45, 7) is 7.08. The molecule has 3 aromatic rings. The van der Waals surface area contributed by atoms with Crippen LogP contribution in [0.15, 0.2) is 54.7 Å². The van der Waals surface area contributed by atoms with E-state index in [4.69, 9.17) is 4.74 Å². The molecule has 0 aliphatic rings. The Kier molecular flexibility index (Phi) is 5.46. The molecule has 2 aromatic carbocycles. The smallest absolute Gasteiger partial charge is 0.263 e. The number of benzene rings is 2. The van der Waals surface area contributed by atoms with E-state index >= 15 is 0 Å². The number of rotatable bonds is 6. The van der Waals surface area contributed by atoms with Gasteiger partial charge < -0.3 is 9.64 Å². The van der Waals surface area contributed by atoms with E-state index in [0.717, 1.165) is 22.3 Å². The number of fused-ring (bicyclic) bond motifs is 1. The zero-order valence-corrected chi connectivity index (χ0v) is 15.3. The highest BCUT2D eigenvalue weighted by molar-refractivity contribution is 5.81. The molecule has 0 aliphatic heterocycles. The van der Waals surface area contributed by atoms with Crippen molar-refractivity contribution in [2.45, 2.75) is 26.9 Å². The van der Waals surface area contributed by atoms with Crippen molar-refractivity contribution in [2.24, 2.45) is 0 Å². The summed E-state index contributed by atoms with van der Waals surface area (Å²) in [5, 5.41) is 0. The summed E-state index contributed by atoms with van der Waals surface area (Å²) in [4.78, 5) is 23.2. The minimum atomic E-state index is -0.513. The first-order chi connectivity index (χ1) is 12.6. The fraction of sp³-hybridized carbons (Fsp3) is 0.286. The maximum Gasteiger partial charge on any atom is 0.263 e. The number of ether oxygens (including phenoxy) is 1. The van der Waals surface area contributed by atoms with Crippen molar-refractivity contribution >= 4 is 16.9 Å². The fourth-order valence-corrected chi connectivity index (χ4v) is 2.85. The third-order valence-corrected chi connectivity index (χ3v) is 4.33. The Labute approximate surface area is 153 Å². The number of hydrogen-bond acceptors (Lipinski definition) is 4. The molecule has 26 heavy (non-hydrogen) atoms. The van der Waals surface area contributed by atoms with Crippen LogP contribution >= 0.6 is 0 Å². The molecule has 1 unspecified atom stereocenters. The molecule has 3 rings (SSSR count). The van der Waals surface area contributed by atoms with E-state index in [1.807, 2.05) is 62.4 Å². The highest BCUT2D eigenvalue weighted by Crippen LogP contribution is 2.22. The normalized spacial score (nSPS) is 12.0. The molecule has 0 bridgehead atoms. The summed E-state index contributed by atoms with van der Waals surface area (Å²) in [7, 11) is 0. The Morgan fingerprint density at radius 2 is 1.69 bits per heavy atom. The average molecular weight is 349 g/mol. The maximum absolute atomic E-state index is 12.3. The van der Waals surface area contributed by atoms with Crippen LogP contribution < -0.4 is 4.74 Å². The van der Waals surface area contributed by atoms with Gasteiger partial charge in [0, 0.05) is 18.7 Å². The lowest BCUT2D eigenvalue weighted by molar-refractivity contribution is -0.137. The lowest BCUT2D eigenvalue weighted by Gasteiger charge is -2.23. The molecular formula is C21H23N3O2. The van der Waals surface area contributed by atoms with Gasteiger partial charge in [0.1, 0.15) is 5.75 Å². The Bertz CT molecular complexity index is 889. The van der Waals surface area contributed by atoms with Crippen LogP contribution in [0.4, 0.5) is 0 Å². The van der Waals surface area contributed by atoms with E-state index in [2.05, 4.69) is 9.97 Å². The number of carbonyl (C=O) groups excluding carboxylic acids is 1. The second-order valence-corrected chi connectivity index (χ2v) is 6.04. The van der Waals surface area contributed by atoms with Crippen molar-refractivity contribution in [3.63, 3.8) is 0 Å². The van der Waals surface area contributed by atoms with Crippen LogP contribution in [0.25, 0.3) is 22.3 Å². The van der Waals surface area contributed by atoms with Crippen molar-refractivity contribution < 1.29 is 9.53 Å². The zero-order chi connectivity index (χ0) is 18.5. The summed E-state index contributed by atoms with van der Waals surface area (Å²) >= 11 is 0. The monoisotopic (exact) mass is 349 g/mol. The van der Waals surface area contributed by atoms with Gasteiger partial charge in [0.15, 0.2) is 6.10 Å². The van der Waals surface area contributed by atoms with E-state index in [-0.39, 0.29) is 5.91 Å². The molecule has 0 aliphatic carbocycles. The van der Waals surface area contributed by atoms with E-state index < -0.39 is 6.10 Å². The fourth-order valence-electron chi connectivity index (χ4n) is 2.85. The van der Waals surface area contributed by atoms with Gasteiger partial charge in [0.05, 0.1) is 22.9 Å². The number of para-hydroxylation sites is 2. The predicted octanol–water partition coefficient (Wildman–Crippen LogP) is 3.93. The topological polar surface area (TPSA) is 55.3 Å². The molecule has 0 spiro atoms. The predicted molar refractivity (Wildman–Crippen MR) is 103 cm³/mol. The van der Waals surface area contributed by atoms with Gasteiger partial charge in [-0.2, -0.15) is 0 Å². The molecule has 0 saturated carbocycles. The zero-order valence-electron chi connectivity index (χ0n) is 15.3. The SMILES string of the molecule is CCN(CC)C(=O)C(C)Oc1ccc(-c2cnc3ccccc3n2)cc1. The standard InChI is InChI=1S/C21H23N3O2/c1-4-24(5-2)21(25)15(3)26-17-12-10-16(11-13-17)20-14-22-18-8-6-7-9-19(18)23-20/h6-15H,4-5H2,1-3H3. The largest absolute Gasteiger partial charge is 0.481 e. The van der Waals surface area contributed by atoms with Crippen LogP contribution in [0.5, 0.6) is 5.75 Å². The second-order valence-electron chi connectivity index (χ2n) is 6.04. The average Bonchev–Trinajstić information content (AvgIpc) is 2.69. The molecule has 0 N–H and O–H groups in total. The van der Waals surface area contributed by atoms with Gasteiger partial charge in [-0.3, -0.25) is 9.78 Å². The number of hydrogen-bond donors (Lipinski definition) is 0. The molecule has 1 heterocycles. The molecule has 0 fully saturated rings. The molecule has 0 radical (unpaired) electrons. The number of likely N-dealkylation sites (N-methyl/N-ethyl adjacent to an activating group) is 1. The van der Waals surface area contributed by atoms with Gasteiger partial charge in [0.2, 0.25) is 0 Å². The molecule has 0 saturated heterocycles. The van der Waals surface area contributed by atoms with Gasteiger partial charge in [-0.1, -0.05) is 12.1 Å². The van der Waals surface area contributed by atoms with Crippen LogP contribution in [-0.4, -0.2) is 40.0 Å². The molecule has 1 atom stereocenters. The van der Waals surface area contributed by atoms with E-state index in [0.29, 0.717) is 18.8 Å². The van der Waals surface area contributed by atoms with E-state index in [1.165, 1.54) is 0 Å². The summed E-state index contributed by atoms with van der Waals surface area (Å²) < 4.78 is 5.79. The molecule has 5 heteroatoms. The van der Waals surface area contributed by atoms with Crippen molar-refractivity contribution in [3.8, 4) is 17.0 Å². The van der Waals surface area contributed by atoms with Crippen LogP contribution in [0.2, 0.25) is 0 Å². The first-order valence-corrected chi connectivity index (χ1v) is 8.90. The van der Waals surface area contributed by atoms with Crippen LogP contribution in [0.3, 0.4) is 0 Å².